The first-order valence-corrected chi connectivity index (χ1v) is 7.41. The lowest BCUT2D eigenvalue weighted by atomic mass is 9.94. The predicted molar refractivity (Wildman–Crippen MR) is 71.4 cm³/mol. The van der Waals surface area contributed by atoms with Crippen LogP contribution in [-0.4, -0.2) is 14.8 Å². The summed E-state index contributed by atoms with van der Waals surface area (Å²) in [7, 11) is -3.80. The van der Waals surface area contributed by atoms with Gasteiger partial charge in [0, 0.05) is 0 Å². The van der Waals surface area contributed by atoms with Crippen molar-refractivity contribution in [3.8, 4) is 6.07 Å². The molecule has 12 heteroatoms. The van der Waals surface area contributed by atoms with E-state index in [-0.39, 0.29) is 5.56 Å². The van der Waals surface area contributed by atoms with Gasteiger partial charge in [-0.3, -0.25) is 0 Å². The molecule has 0 heterocycles. The third kappa shape index (κ3) is 4.17. The molecule has 134 valence electrons. The average Bonchev–Trinajstić information content (AvgIpc) is 2.45. The van der Waals surface area contributed by atoms with Gasteiger partial charge in [-0.05, 0) is 36.2 Å². The molecular weight excluding hydrogens is 389 g/mol. The second kappa shape index (κ2) is 6.50. The monoisotopic (exact) mass is 396 g/mol. The number of halogens is 8. The van der Waals surface area contributed by atoms with Gasteiger partial charge in [0.15, 0.2) is 11.0 Å². The summed E-state index contributed by atoms with van der Waals surface area (Å²) in [4.78, 5) is 0. The number of nitrogens with zero attached hydrogens (tertiary/aromatic N) is 1. The highest BCUT2D eigenvalue weighted by Crippen LogP contribution is 2.40. The number of benzene rings is 1. The van der Waals surface area contributed by atoms with Crippen LogP contribution in [0.2, 0.25) is 0 Å². The first-order valence-electron chi connectivity index (χ1n) is 5.88. The first-order chi connectivity index (χ1) is 10.6. The highest BCUT2D eigenvalue weighted by atomic mass is 35.5. The van der Waals surface area contributed by atoms with E-state index in [2.05, 4.69) is 11.6 Å². The van der Waals surface area contributed by atoms with Crippen LogP contribution in [0, 0.1) is 11.3 Å². The topological polar surface area (TPSA) is 52.9 Å². The van der Waals surface area contributed by atoms with Crippen LogP contribution in [0.15, 0.2) is 24.3 Å². The minimum absolute atomic E-state index is 0.292. The summed E-state index contributed by atoms with van der Waals surface area (Å²) in [6.07, 6.45) is -4.68. The number of nitriles is 1. The van der Waals surface area contributed by atoms with Crippen LogP contribution < -0.4 is 4.72 Å². The predicted octanol–water partition coefficient (Wildman–Crippen LogP) is 4.12. The van der Waals surface area contributed by atoms with Gasteiger partial charge in [0.1, 0.15) is 5.54 Å². The number of alkyl halides is 8. The van der Waals surface area contributed by atoms with Gasteiger partial charge in [0.25, 0.3) is 0 Å². The highest BCUT2D eigenvalue weighted by molar-refractivity contribution is 7.84. The molecule has 0 radical (unpaired) electrons. The third-order valence-corrected chi connectivity index (χ3v) is 4.54. The van der Waals surface area contributed by atoms with Crippen molar-refractivity contribution in [2.24, 2.45) is 0 Å². The van der Waals surface area contributed by atoms with Crippen molar-refractivity contribution in [3.63, 3.8) is 0 Å². The molecule has 0 amide bonds. The molecule has 2 unspecified atom stereocenters. The van der Waals surface area contributed by atoms with E-state index in [4.69, 9.17) is 5.26 Å². The summed E-state index contributed by atoms with van der Waals surface area (Å²) in [5, 5.41) is -1.34. The number of hydrogen-bond donors (Lipinski definition) is 1. The average molecular weight is 397 g/mol. The number of hydrogen-bond acceptors (Lipinski definition) is 2. The molecule has 0 bridgehead atoms. The molecule has 0 saturated heterocycles. The van der Waals surface area contributed by atoms with Crippen molar-refractivity contribution < 1.29 is 34.9 Å². The summed E-state index contributed by atoms with van der Waals surface area (Å²) >= 11 is 4.18. The minimum atomic E-state index is -5.22. The van der Waals surface area contributed by atoms with Crippen LogP contribution >= 0.6 is 11.6 Å². The zero-order valence-electron chi connectivity index (χ0n) is 11.6. The maximum absolute atomic E-state index is 13.2. The normalized spacial score (nSPS) is 17.0. The fourth-order valence-electron chi connectivity index (χ4n) is 1.49. The molecule has 1 aromatic carbocycles. The van der Waals surface area contributed by atoms with Gasteiger partial charge >= 0.3 is 16.8 Å². The van der Waals surface area contributed by atoms with E-state index in [1.54, 1.807) is 0 Å². The van der Waals surface area contributed by atoms with Crippen molar-refractivity contribution in [3.05, 3.63) is 35.4 Å². The second-order valence-corrected chi connectivity index (χ2v) is 6.43. The van der Waals surface area contributed by atoms with Gasteiger partial charge < -0.3 is 0 Å². The quantitative estimate of drug-likeness (QED) is 0.601. The fraction of sp³-hybridized carbons (Fsp3) is 0.417. The van der Waals surface area contributed by atoms with Gasteiger partial charge in [-0.1, -0.05) is 12.1 Å². The van der Waals surface area contributed by atoms with E-state index in [9.17, 15) is 34.9 Å². The Hall–Kier alpha value is -1.38. The molecule has 0 aliphatic rings. The van der Waals surface area contributed by atoms with Gasteiger partial charge in [-0.15, -0.1) is 0 Å². The number of rotatable bonds is 5. The van der Waals surface area contributed by atoms with Crippen molar-refractivity contribution in [2.75, 3.05) is 0 Å². The first kappa shape index (κ1) is 20.7. The Morgan fingerprint density at radius 3 is 1.79 bits per heavy atom. The molecule has 3 nitrogen and oxygen atoms in total. The van der Waals surface area contributed by atoms with Crippen LogP contribution in [0.25, 0.3) is 0 Å². The molecule has 0 fully saturated rings. The summed E-state index contributed by atoms with van der Waals surface area (Å²) in [5.74, 6) is 0. The Morgan fingerprint density at radius 2 is 1.46 bits per heavy atom. The Balaban J connectivity index is 3.16. The fourth-order valence-corrected chi connectivity index (χ4v) is 2.58. The van der Waals surface area contributed by atoms with Gasteiger partial charge in [0.05, 0.1) is 11.6 Å². The van der Waals surface area contributed by atoms with Crippen LogP contribution in [0.5, 0.6) is 0 Å². The van der Waals surface area contributed by atoms with E-state index in [1.165, 1.54) is 10.8 Å². The van der Waals surface area contributed by atoms with E-state index < -0.39 is 38.9 Å². The maximum Gasteiger partial charge on any atom is 0.416 e. The Kier molecular flexibility index (Phi) is 5.59. The molecule has 2 atom stereocenters. The second-order valence-electron chi connectivity index (χ2n) is 4.70. The van der Waals surface area contributed by atoms with Crippen LogP contribution in [0.3, 0.4) is 0 Å². The molecule has 0 saturated carbocycles. The van der Waals surface area contributed by atoms with Crippen molar-refractivity contribution in [2.45, 2.75) is 29.3 Å². The Morgan fingerprint density at radius 1 is 1.04 bits per heavy atom. The molecule has 1 rings (SSSR count). The third-order valence-electron chi connectivity index (χ3n) is 2.87. The van der Waals surface area contributed by atoms with E-state index in [1.807, 2.05) is 0 Å². The van der Waals surface area contributed by atoms with E-state index in [0.717, 1.165) is 19.1 Å². The van der Waals surface area contributed by atoms with Gasteiger partial charge in [-0.25, -0.2) is 8.93 Å². The zero-order chi connectivity index (χ0) is 19.0. The lowest BCUT2D eigenvalue weighted by molar-refractivity contribution is -0.137. The summed E-state index contributed by atoms with van der Waals surface area (Å²) in [5.41, 5.74) is -3.61. The molecule has 1 aromatic rings. The lowest BCUT2D eigenvalue weighted by Gasteiger charge is -2.27. The molecule has 0 aliphatic carbocycles. The Labute approximate surface area is 139 Å². The zero-order valence-corrected chi connectivity index (χ0v) is 13.2. The van der Waals surface area contributed by atoms with Crippen LogP contribution in [0.1, 0.15) is 18.1 Å². The summed E-state index contributed by atoms with van der Waals surface area (Å²) in [6.45, 7) is 0.885. The van der Waals surface area contributed by atoms with Gasteiger partial charge in [0.2, 0.25) is 0 Å². The van der Waals surface area contributed by atoms with E-state index >= 15 is 0 Å². The summed E-state index contributed by atoms with van der Waals surface area (Å²) < 4.78 is 102. The lowest BCUT2D eigenvalue weighted by Crippen LogP contribution is -2.50. The SMILES string of the molecule is CC(C#N)(NS(=O)C(F)(F)C(F)(F)Cl)c1ccc(C(F)(F)F)cc1. The molecule has 0 spiro atoms. The minimum Gasteiger partial charge on any atom is -0.236 e. The molecular formula is C12H8ClF7N2OS. The molecule has 1 N–H and O–H groups in total. The smallest absolute Gasteiger partial charge is 0.236 e. The highest BCUT2D eigenvalue weighted by Gasteiger charge is 2.61. The van der Waals surface area contributed by atoms with Crippen LogP contribution in [-0.2, 0) is 22.7 Å². The maximum atomic E-state index is 13.2. The Bertz CT molecular complexity index is 666. The van der Waals surface area contributed by atoms with Gasteiger partial charge in [-0.2, -0.15) is 36.0 Å². The largest absolute Gasteiger partial charge is 0.416 e. The molecule has 0 aromatic heterocycles. The molecule has 24 heavy (non-hydrogen) atoms. The standard InChI is InChI=1S/C12H8ClF7N2OS/c1-9(6-21,22-24(23)12(19,20)11(13,17)18)7-2-4-8(5-3-7)10(14,15)16/h2-5,22H,1H3. The van der Waals surface area contributed by atoms with Crippen molar-refractivity contribution in [1.82, 2.24) is 4.72 Å². The van der Waals surface area contributed by atoms with Crippen molar-refractivity contribution in [1.29, 1.82) is 5.26 Å². The van der Waals surface area contributed by atoms with Crippen LogP contribution in [0.4, 0.5) is 30.7 Å². The van der Waals surface area contributed by atoms with Crippen molar-refractivity contribution >= 4 is 22.6 Å². The summed E-state index contributed by atoms with van der Waals surface area (Å²) in [6, 6.07) is 4.06. The number of nitrogens with one attached hydrogen (secondary N) is 1. The molecule has 0 aliphatic heterocycles. The van der Waals surface area contributed by atoms with E-state index in [0.29, 0.717) is 12.1 Å².